The normalized spacial score (nSPS) is 24.5. The Bertz CT molecular complexity index is 3080. The highest BCUT2D eigenvalue weighted by molar-refractivity contribution is 6.10. The fourth-order valence-corrected chi connectivity index (χ4v) is 10.8. The maximum Gasteiger partial charge on any atom is 0.331 e. The SMILES string of the molecule is CC[C@@H]1CCC(=O)C2NC(=O)[C@H]1NC(=O)[C@@H](CCCN=C(N)N)NC(=O)[C@H](CC(C)C)NC(=O)[C@H]([C@H](O)C(C)C)NC(=O)[C@@H](NC(=O)[C@H](CC(C)C)NC(=O)[C@H](N)CC(C)C)[C@@H](c1ccccc1)OC(=O)[C@H](CO)NC(=O)[C@H]([C@H](O)C(=O)NCc1ccccc1)NC(=O)CNC2=O. The predicted octanol–water partition coefficient (Wildman–Crippen LogP) is -3.64. The molecule has 2 heterocycles. The number of amides is 11. The number of carbonyl (C=O) groups excluding carboxylic acids is 13. The average Bonchev–Trinajstić information content (AvgIpc) is 0.823. The maximum absolute atomic E-state index is 15.5. The minimum Gasteiger partial charge on any atom is -0.453 e. The third kappa shape index (κ3) is 25.4. The van der Waals surface area contributed by atoms with Crippen molar-refractivity contribution in [3.8, 4) is 0 Å². The van der Waals surface area contributed by atoms with Gasteiger partial charge < -0.3 is 95.7 Å². The lowest BCUT2D eigenvalue weighted by Gasteiger charge is -2.34. The Balaban J connectivity index is 2.00. The molecule has 2 saturated heterocycles. The minimum absolute atomic E-state index is 0.0459. The molecular formula is C65H99N15O17. The lowest BCUT2D eigenvalue weighted by atomic mass is 9.86. The van der Waals surface area contributed by atoms with E-state index in [0.29, 0.717) is 5.56 Å². The Hall–Kier alpha value is -9.14. The van der Waals surface area contributed by atoms with Gasteiger partial charge in [0.05, 0.1) is 25.3 Å². The van der Waals surface area contributed by atoms with Gasteiger partial charge in [-0.05, 0) is 79.2 Å². The number of nitrogens with two attached hydrogens (primary N) is 3. The fraction of sp³-hybridized carbons (Fsp3) is 0.600. The van der Waals surface area contributed by atoms with Crippen molar-refractivity contribution in [1.29, 1.82) is 0 Å². The Morgan fingerprint density at radius 1 is 0.660 bits per heavy atom. The van der Waals surface area contributed by atoms with Gasteiger partial charge in [0.2, 0.25) is 53.2 Å². The summed E-state index contributed by atoms with van der Waals surface area (Å²) in [6, 6.07) is -2.57. The Labute approximate surface area is 563 Å². The molecule has 32 nitrogen and oxygen atoms in total. The summed E-state index contributed by atoms with van der Waals surface area (Å²) < 4.78 is 6.02. The zero-order chi connectivity index (χ0) is 72.4. The van der Waals surface area contributed by atoms with Gasteiger partial charge in [-0.3, -0.25) is 62.5 Å². The molecule has 2 fully saturated rings. The van der Waals surface area contributed by atoms with E-state index in [1.54, 1.807) is 65.0 Å². The van der Waals surface area contributed by atoms with Crippen LogP contribution in [0, 0.1) is 29.6 Å². The highest BCUT2D eigenvalue weighted by Crippen LogP contribution is 2.26. The molecule has 4 rings (SSSR count). The molecule has 0 spiro atoms. The summed E-state index contributed by atoms with van der Waals surface area (Å²) in [4.78, 5) is 191. The molecule has 2 bridgehead atoms. The fourth-order valence-electron chi connectivity index (χ4n) is 10.8. The molecule has 0 saturated carbocycles. The summed E-state index contributed by atoms with van der Waals surface area (Å²) in [6.45, 7) is 12.5. The van der Waals surface area contributed by atoms with Gasteiger partial charge in [-0.2, -0.15) is 0 Å². The number of aliphatic hydroxyl groups excluding tert-OH is 3. The predicted molar refractivity (Wildman–Crippen MR) is 352 cm³/mol. The van der Waals surface area contributed by atoms with Gasteiger partial charge in [0, 0.05) is 19.5 Å². The summed E-state index contributed by atoms with van der Waals surface area (Å²) in [5, 5.41) is 61.2. The number of aliphatic hydroxyl groups is 3. The number of hydrogen-bond donors (Lipinski definition) is 17. The second kappa shape index (κ2) is 39.2. The molecule has 32 heteroatoms. The first-order valence-corrected chi connectivity index (χ1v) is 32.6. The molecule has 20 N–H and O–H groups in total. The van der Waals surface area contributed by atoms with Crippen LogP contribution in [-0.2, 0) is 73.6 Å². The number of aliphatic imine (C=N–C) groups is 1. The molecule has 11 amide bonds. The summed E-state index contributed by atoms with van der Waals surface area (Å²) in [7, 11) is 0. The van der Waals surface area contributed by atoms with Crippen molar-refractivity contribution >= 4 is 82.7 Å². The number of ether oxygens (including phenoxy) is 1. The summed E-state index contributed by atoms with van der Waals surface area (Å²) in [6.07, 6.45) is -6.73. The van der Waals surface area contributed by atoms with E-state index >= 15 is 4.79 Å². The molecule has 97 heavy (non-hydrogen) atoms. The quantitative estimate of drug-likeness (QED) is 0.0168. The van der Waals surface area contributed by atoms with Crippen LogP contribution in [0.15, 0.2) is 65.7 Å². The molecule has 1 unspecified atom stereocenters. The van der Waals surface area contributed by atoms with E-state index in [9.17, 15) is 72.9 Å². The van der Waals surface area contributed by atoms with Crippen molar-refractivity contribution in [3.05, 3.63) is 71.8 Å². The van der Waals surface area contributed by atoms with Crippen LogP contribution in [0.1, 0.15) is 131 Å². The number of carbonyl (C=O) groups is 13. The van der Waals surface area contributed by atoms with Gasteiger partial charge in [0.25, 0.3) is 11.8 Å². The monoisotopic (exact) mass is 1360 g/mol. The molecule has 0 radical (unpaired) electrons. The van der Waals surface area contributed by atoms with Crippen LogP contribution in [0.3, 0.4) is 0 Å². The maximum atomic E-state index is 15.5. The topological polar surface area (TPSA) is 515 Å². The van der Waals surface area contributed by atoms with Gasteiger partial charge in [-0.25, -0.2) is 4.79 Å². The van der Waals surface area contributed by atoms with Crippen molar-refractivity contribution in [2.24, 2.45) is 51.8 Å². The first-order chi connectivity index (χ1) is 45.8. The third-order valence-corrected chi connectivity index (χ3v) is 16.1. The van der Waals surface area contributed by atoms with E-state index in [2.05, 4.69) is 63.5 Å². The number of nitrogens with zero attached hydrogens (tertiary/aromatic N) is 1. The van der Waals surface area contributed by atoms with Crippen LogP contribution < -0.4 is 75.7 Å². The second-order valence-electron chi connectivity index (χ2n) is 25.9. The van der Waals surface area contributed by atoms with Crippen LogP contribution in [0.4, 0.5) is 0 Å². The van der Waals surface area contributed by atoms with E-state index in [0.717, 1.165) is 0 Å². The van der Waals surface area contributed by atoms with E-state index < -0.39 is 180 Å². The van der Waals surface area contributed by atoms with Crippen LogP contribution in [0.2, 0.25) is 0 Å². The number of esters is 1. The zero-order valence-electron chi connectivity index (χ0n) is 56.4. The number of Topliss-reactive ketones (excluding diaryl/α,β-unsaturated/α-hetero) is 1. The van der Waals surface area contributed by atoms with Gasteiger partial charge in [0.15, 0.2) is 36.0 Å². The largest absolute Gasteiger partial charge is 0.453 e. The molecule has 0 aromatic heterocycles. The molecule has 14 atom stereocenters. The number of ketones is 1. The number of benzene rings is 2. The van der Waals surface area contributed by atoms with Gasteiger partial charge in [-0.15, -0.1) is 0 Å². The van der Waals surface area contributed by atoms with Gasteiger partial charge >= 0.3 is 5.97 Å². The Kier molecular flexibility index (Phi) is 32.4. The van der Waals surface area contributed by atoms with Gasteiger partial charge in [-0.1, -0.05) is 129 Å². The Morgan fingerprint density at radius 3 is 1.85 bits per heavy atom. The molecule has 2 aliphatic heterocycles. The second-order valence-corrected chi connectivity index (χ2v) is 25.9. The summed E-state index contributed by atoms with van der Waals surface area (Å²) in [5.41, 5.74) is 17.9. The summed E-state index contributed by atoms with van der Waals surface area (Å²) in [5.74, 6) is -17.7. The molecule has 2 aliphatic rings. The lowest BCUT2D eigenvalue weighted by molar-refractivity contribution is -0.159. The lowest BCUT2D eigenvalue weighted by Crippen LogP contribution is -2.64. The first kappa shape index (κ1) is 80.3. The third-order valence-electron chi connectivity index (χ3n) is 16.1. The van der Waals surface area contributed by atoms with Crippen molar-refractivity contribution in [2.45, 2.75) is 199 Å². The van der Waals surface area contributed by atoms with E-state index in [4.69, 9.17) is 21.9 Å². The number of hydrogen-bond acceptors (Lipinski definition) is 19. The van der Waals surface area contributed by atoms with Crippen molar-refractivity contribution in [2.75, 3.05) is 19.7 Å². The number of nitrogens with one attached hydrogen (secondary N) is 11. The Morgan fingerprint density at radius 2 is 1.26 bits per heavy atom. The van der Waals surface area contributed by atoms with Crippen LogP contribution in [0.25, 0.3) is 0 Å². The zero-order valence-corrected chi connectivity index (χ0v) is 56.4. The molecule has 536 valence electrons. The molecule has 2 aromatic carbocycles. The first-order valence-electron chi connectivity index (χ1n) is 32.6. The average molecular weight is 1360 g/mol. The van der Waals surface area contributed by atoms with Crippen molar-refractivity contribution in [1.82, 2.24) is 58.5 Å². The number of guanidine groups is 1. The number of fused-ring (bicyclic) bond motifs is 3. The minimum atomic E-state index is -2.51. The van der Waals surface area contributed by atoms with E-state index in [-0.39, 0.29) is 93.7 Å². The highest BCUT2D eigenvalue weighted by Gasteiger charge is 2.45. The smallest absolute Gasteiger partial charge is 0.331 e. The van der Waals surface area contributed by atoms with E-state index in [1.807, 2.05) is 13.8 Å². The van der Waals surface area contributed by atoms with Crippen molar-refractivity contribution in [3.63, 3.8) is 0 Å². The van der Waals surface area contributed by atoms with Crippen LogP contribution in [-0.4, -0.2) is 190 Å². The number of cyclic esters (lactones) is 1. The molecule has 2 aromatic rings. The van der Waals surface area contributed by atoms with E-state index in [1.165, 1.54) is 44.2 Å². The molecular weight excluding hydrogens is 1260 g/mol. The molecule has 0 aliphatic carbocycles. The standard InChI is InChI=1S/C65H99N15O17/c1-10-37-23-24-44(82)47-58(90)71-30-45(83)76-49(52(85)63(95)70-29-36-18-13-11-14-19-36)61(93)75-43(31-81)64(96)97-53(38-20-15-12-16-21-38)50(80-57(89)42(28-34(6)7)73-54(86)39(66)26-32(2)3)62(94)79-48(51(84)35(8)9)60(92)74-41(27-33(4)5)56(88)72-40(22-17-25-69-65(67)68)55(87)77-46(37)59(91)78-47/h11-16,18-21,32-35,37,39-43,46-53,81,84-85H,10,17,22-31,66H2,1-9H3,(H,70,95)(H,71,90)(H,72,88)(H,73,86)(H,74,92)(H,75,93)(H,76,83)(H,77,87)(H,78,91)(H,79,94)(H,80,89)(H4,67,68,69)/t37-,39-,40-,41+,42+,43+,46+,47?,48+,49+,50+,51-,52+,53-/m1/s1. The van der Waals surface area contributed by atoms with Crippen LogP contribution in [0.5, 0.6) is 0 Å². The summed E-state index contributed by atoms with van der Waals surface area (Å²) >= 11 is 0. The van der Waals surface area contributed by atoms with Crippen molar-refractivity contribution < 1.29 is 82.4 Å². The highest BCUT2D eigenvalue weighted by atomic mass is 16.5. The number of rotatable bonds is 23. The van der Waals surface area contributed by atoms with Gasteiger partial charge in [0.1, 0.15) is 42.3 Å². The van der Waals surface area contributed by atoms with Crippen LogP contribution >= 0.6 is 0 Å².